The lowest BCUT2D eigenvalue weighted by Crippen LogP contribution is -2.48. The molecule has 6 nitrogen and oxygen atoms in total. The molecule has 4 heterocycles. The van der Waals surface area contributed by atoms with Gasteiger partial charge >= 0.3 is 6.18 Å². The quantitative estimate of drug-likeness (QED) is 0.610. The van der Waals surface area contributed by atoms with Gasteiger partial charge in [0.1, 0.15) is 4.83 Å². The van der Waals surface area contributed by atoms with Crippen molar-refractivity contribution in [3.63, 3.8) is 0 Å². The third-order valence-electron chi connectivity index (χ3n) is 4.29. The number of hydrogen-bond acceptors (Lipinski definition) is 8. The lowest BCUT2D eigenvalue weighted by molar-refractivity contribution is -0.140. The van der Waals surface area contributed by atoms with Crippen LogP contribution in [0.5, 0.6) is 0 Å². The molecule has 0 radical (unpaired) electrons. The first-order valence-corrected chi connectivity index (χ1v) is 10.9. The van der Waals surface area contributed by atoms with Crippen LogP contribution in [0.2, 0.25) is 0 Å². The maximum absolute atomic E-state index is 12.8. The van der Waals surface area contributed by atoms with Crippen LogP contribution in [0, 0.1) is 0 Å². The molecule has 3 aromatic rings. The van der Waals surface area contributed by atoms with Crippen molar-refractivity contribution in [2.75, 3.05) is 50.1 Å². The number of fused-ring (bicyclic) bond motifs is 1. The second-order valence-corrected chi connectivity index (χ2v) is 9.34. The molecule has 4 rings (SSSR count). The second kappa shape index (κ2) is 7.16. The number of thiophene rings is 1. The van der Waals surface area contributed by atoms with Crippen molar-refractivity contribution in [3.05, 3.63) is 22.0 Å². The summed E-state index contributed by atoms with van der Waals surface area (Å²) in [5.74, 6) is -0.0589. The van der Waals surface area contributed by atoms with Crippen LogP contribution in [0.1, 0.15) is 15.4 Å². The van der Waals surface area contributed by atoms with Crippen LogP contribution in [-0.4, -0.2) is 61.0 Å². The smallest absolute Gasteiger partial charge is 0.354 e. The molecule has 0 aliphatic carbocycles. The summed E-state index contributed by atoms with van der Waals surface area (Å²) in [4.78, 5) is 27.9. The Morgan fingerprint density at radius 3 is 2.43 bits per heavy atom. The summed E-state index contributed by atoms with van der Waals surface area (Å²) in [6.45, 7) is 1.81. The summed E-state index contributed by atoms with van der Waals surface area (Å²) < 4.78 is 39.1. The largest absolute Gasteiger partial charge is 0.434 e. The molecule has 0 spiro atoms. The topological polar surface area (TPSA) is 52.6 Å². The molecule has 0 N–H and O–H groups in total. The van der Waals surface area contributed by atoms with E-state index < -0.39 is 11.9 Å². The van der Waals surface area contributed by atoms with Crippen molar-refractivity contribution < 1.29 is 18.0 Å². The maximum atomic E-state index is 12.8. The van der Waals surface area contributed by atoms with Gasteiger partial charge in [-0.3, -0.25) is 4.79 Å². The van der Waals surface area contributed by atoms with Crippen LogP contribution < -0.4 is 9.80 Å². The first-order valence-electron chi connectivity index (χ1n) is 8.37. The fourth-order valence-corrected chi connectivity index (χ4v) is 5.80. The molecule has 28 heavy (non-hydrogen) atoms. The van der Waals surface area contributed by atoms with E-state index in [1.807, 2.05) is 25.1 Å². The number of carbonyl (C=O) groups excluding carboxylic acids is 1. The summed E-state index contributed by atoms with van der Waals surface area (Å²) in [7, 11) is 3.85. The van der Waals surface area contributed by atoms with Crippen molar-refractivity contribution in [2.24, 2.45) is 0 Å². The molecule has 0 saturated carbocycles. The molecule has 0 bridgehead atoms. The lowest BCUT2D eigenvalue weighted by atomic mass is 10.3. The van der Waals surface area contributed by atoms with Crippen molar-refractivity contribution in [1.29, 1.82) is 0 Å². The summed E-state index contributed by atoms with van der Waals surface area (Å²) >= 11 is 3.89. The number of hydrogen-bond donors (Lipinski definition) is 0. The molecule has 0 unspecified atom stereocenters. The van der Waals surface area contributed by atoms with E-state index in [2.05, 4.69) is 9.97 Å². The third-order valence-corrected chi connectivity index (χ3v) is 7.51. The number of carbonyl (C=O) groups is 1. The van der Waals surface area contributed by atoms with Gasteiger partial charge in [0.25, 0.3) is 5.91 Å². The van der Waals surface area contributed by atoms with Crippen LogP contribution in [0.4, 0.5) is 23.4 Å². The zero-order chi connectivity index (χ0) is 20.1. The Hall–Kier alpha value is -1.92. The van der Waals surface area contributed by atoms with E-state index in [0.717, 1.165) is 31.4 Å². The van der Waals surface area contributed by atoms with E-state index in [1.54, 1.807) is 9.80 Å². The van der Waals surface area contributed by atoms with Gasteiger partial charge < -0.3 is 14.7 Å². The molecule has 1 saturated heterocycles. The van der Waals surface area contributed by atoms with Crippen LogP contribution in [0.25, 0.3) is 9.53 Å². The standard InChI is InChI=1S/C16H16F3N5OS3/c1-22(2)14-21-12-9(28-14)7-10(27-12)13(25)23-3-5-24(6-4-23)15-20-11(8-26-15)16(17,18)19/h7-8H,3-6H2,1-2H3. The van der Waals surface area contributed by atoms with E-state index in [0.29, 0.717) is 36.2 Å². The average molecular weight is 448 g/mol. The molecule has 1 aliphatic heterocycles. The van der Waals surface area contributed by atoms with Crippen LogP contribution in [-0.2, 0) is 6.18 Å². The lowest BCUT2D eigenvalue weighted by Gasteiger charge is -2.34. The summed E-state index contributed by atoms with van der Waals surface area (Å²) in [5.41, 5.74) is -0.866. The highest BCUT2D eigenvalue weighted by Crippen LogP contribution is 2.35. The Morgan fingerprint density at radius 2 is 1.86 bits per heavy atom. The van der Waals surface area contributed by atoms with Crippen LogP contribution in [0.3, 0.4) is 0 Å². The first-order chi connectivity index (χ1) is 13.2. The molecule has 1 amide bonds. The summed E-state index contributed by atoms with van der Waals surface area (Å²) in [6, 6.07) is 1.87. The van der Waals surface area contributed by atoms with Gasteiger partial charge in [-0.15, -0.1) is 22.7 Å². The predicted molar refractivity (Wildman–Crippen MR) is 107 cm³/mol. The Kier molecular flexibility index (Phi) is 4.96. The minimum atomic E-state index is -4.43. The zero-order valence-electron chi connectivity index (χ0n) is 15.0. The number of nitrogens with zero attached hydrogens (tertiary/aromatic N) is 5. The van der Waals surface area contributed by atoms with Crippen molar-refractivity contribution in [1.82, 2.24) is 14.9 Å². The Labute approximate surface area is 170 Å². The Bertz CT molecular complexity index is 969. The van der Waals surface area contributed by atoms with E-state index in [9.17, 15) is 18.0 Å². The normalized spacial score (nSPS) is 15.5. The molecule has 0 atom stereocenters. The van der Waals surface area contributed by atoms with Crippen LogP contribution >= 0.6 is 34.0 Å². The third kappa shape index (κ3) is 3.67. The molecule has 3 aromatic heterocycles. The molecular formula is C16H16F3N5OS3. The number of piperazine rings is 1. The van der Waals surface area contributed by atoms with Gasteiger partial charge in [-0.1, -0.05) is 11.3 Å². The van der Waals surface area contributed by atoms with Gasteiger partial charge in [0.2, 0.25) is 0 Å². The predicted octanol–water partition coefficient (Wildman–Crippen LogP) is 3.86. The summed E-state index contributed by atoms with van der Waals surface area (Å²) in [6.07, 6.45) is -4.43. The van der Waals surface area contributed by atoms with Crippen molar-refractivity contribution in [2.45, 2.75) is 6.18 Å². The molecular weight excluding hydrogens is 431 g/mol. The number of thiazole rings is 2. The molecule has 1 aliphatic rings. The highest BCUT2D eigenvalue weighted by atomic mass is 32.1. The number of alkyl halides is 3. The van der Waals surface area contributed by atoms with Gasteiger partial charge in [0.15, 0.2) is 16.0 Å². The molecule has 1 fully saturated rings. The molecule has 0 aromatic carbocycles. The molecule has 12 heteroatoms. The second-order valence-electron chi connectivity index (χ2n) is 6.46. The van der Waals surface area contributed by atoms with Gasteiger partial charge in [-0.2, -0.15) is 13.2 Å². The van der Waals surface area contributed by atoms with Gasteiger partial charge in [0.05, 0.1) is 9.58 Å². The number of anilines is 2. The van der Waals surface area contributed by atoms with Gasteiger partial charge in [-0.05, 0) is 6.07 Å². The number of aromatic nitrogens is 2. The van der Waals surface area contributed by atoms with Gasteiger partial charge in [-0.25, -0.2) is 9.97 Å². The SMILES string of the molecule is CN(C)c1nc2sc(C(=O)N3CCN(c4nc(C(F)(F)F)cs4)CC3)cc2s1. The molecule has 150 valence electrons. The highest BCUT2D eigenvalue weighted by Gasteiger charge is 2.35. The van der Waals surface area contributed by atoms with E-state index in [4.69, 9.17) is 0 Å². The minimum absolute atomic E-state index is 0.0589. The number of halogens is 3. The van der Waals surface area contributed by atoms with Crippen molar-refractivity contribution >= 4 is 59.7 Å². The first kappa shape index (κ1) is 19.4. The van der Waals surface area contributed by atoms with Gasteiger partial charge in [0, 0.05) is 45.7 Å². The fraction of sp³-hybridized carbons (Fsp3) is 0.438. The monoisotopic (exact) mass is 447 g/mol. The van der Waals surface area contributed by atoms with E-state index in [-0.39, 0.29) is 5.91 Å². The average Bonchev–Trinajstić information content (AvgIpc) is 3.34. The fourth-order valence-electron chi connectivity index (χ4n) is 2.82. The zero-order valence-corrected chi connectivity index (χ0v) is 17.4. The minimum Gasteiger partial charge on any atom is -0.354 e. The van der Waals surface area contributed by atoms with Crippen LogP contribution in [0.15, 0.2) is 11.4 Å². The number of rotatable bonds is 3. The van der Waals surface area contributed by atoms with Crippen molar-refractivity contribution in [3.8, 4) is 0 Å². The Morgan fingerprint density at radius 1 is 1.14 bits per heavy atom. The summed E-state index contributed by atoms with van der Waals surface area (Å²) in [5, 5.41) is 2.27. The van der Waals surface area contributed by atoms with E-state index >= 15 is 0 Å². The Balaban J connectivity index is 1.41. The highest BCUT2D eigenvalue weighted by molar-refractivity contribution is 7.29. The maximum Gasteiger partial charge on any atom is 0.434 e. The number of amides is 1. The van der Waals surface area contributed by atoms with E-state index in [1.165, 1.54) is 22.7 Å².